The van der Waals surface area contributed by atoms with Gasteiger partial charge >= 0.3 is 0 Å². The first-order valence-corrected chi connectivity index (χ1v) is 13.9. The average molecular weight is 530 g/mol. The van der Waals surface area contributed by atoms with Gasteiger partial charge in [0.1, 0.15) is 15.5 Å². The molecular weight excluding hydrogens is 506 g/mol. The first-order chi connectivity index (χ1) is 16.9. The van der Waals surface area contributed by atoms with Crippen molar-refractivity contribution in [3.05, 3.63) is 88.3 Å². The van der Waals surface area contributed by atoms with E-state index in [9.17, 15) is 13.2 Å². The van der Waals surface area contributed by atoms with Crippen molar-refractivity contribution in [1.82, 2.24) is 9.62 Å². The molecular formula is C25H24ClN3O4S2. The highest BCUT2D eigenvalue weighted by molar-refractivity contribution is 7.91. The largest absolute Gasteiger partial charge is 0.388 e. The Labute approximate surface area is 213 Å². The van der Waals surface area contributed by atoms with E-state index in [0.717, 1.165) is 22.5 Å². The van der Waals surface area contributed by atoms with Crippen LogP contribution < -0.4 is 5.32 Å². The highest BCUT2D eigenvalue weighted by Gasteiger charge is 2.46. The molecule has 1 spiro atoms. The number of thiophene rings is 1. The standard InChI is InChI=1S/C25H24ClN3O4S2/c26-21-11-12-22(34-21)35(31,32)29-15-13-25(14-16-29)17-20(28-33-25)24(30)27-23(18-7-3-1-4-8-18)19-9-5-2-6-10-19/h1-12,23H,13-17H2,(H,27,30). The van der Waals surface area contributed by atoms with Gasteiger partial charge in [0.05, 0.1) is 10.4 Å². The van der Waals surface area contributed by atoms with Gasteiger partial charge in [-0.25, -0.2) is 8.42 Å². The topological polar surface area (TPSA) is 88.1 Å². The van der Waals surface area contributed by atoms with Crippen LogP contribution in [0.2, 0.25) is 4.34 Å². The second-order valence-electron chi connectivity index (χ2n) is 8.68. The van der Waals surface area contributed by atoms with Crippen LogP contribution in [-0.4, -0.2) is 43.0 Å². The van der Waals surface area contributed by atoms with Gasteiger partial charge in [-0.2, -0.15) is 4.31 Å². The molecule has 0 unspecified atom stereocenters. The van der Waals surface area contributed by atoms with Crippen LogP contribution >= 0.6 is 22.9 Å². The molecule has 2 aromatic carbocycles. The molecule has 1 aromatic heterocycles. The minimum atomic E-state index is -3.60. The Kier molecular flexibility index (Phi) is 6.67. The highest BCUT2D eigenvalue weighted by atomic mass is 35.5. The van der Waals surface area contributed by atoms with Crippen LogP contribution in [0.3, 0.4) is 0 Å². The van der Waals surface area contributed by atoms with E-state index in [0.29, 0.717) is 42.4 Å². The summed E-state index contributed by atoms with van der Waals surface area (Å²) >= 11 is 6.97. The minimum absolute atomic E-state index is 0.231. The number of nitrogens with zero attached hydrogens (tertiary/aromatic N) is 2. The molecule has 2 aliphatic heterocycles. The van der Waals surface area contributed by atoms with Gasteiger partial charge in [0.2, 0.25) is 0 Å². The van der Waals surface area contributed by atoms with Gasteiger partial charge in [0.25, 0.3) is 15.9 Å². The lowest BCUT2D eigenvalue weighted by Crippen LogP contribution is -2.47. The van der Waals surface area contributed by atoms with Crippen LogP contribution in [0.15, 0.2) is 82.2 Å². The number of halogens is 1. The van der Waals surface area contributed by atoms with Gasteiger partial charge in [0, 0.05) is 32.4 Å². The molecule has 0 radical (unpaired) electrons. The zero-order valence-corrected chi connectivity index (χ0v) is 21.2. The van der Waals surface area contributed by atoms with Crippen LogP contribution in [0, 0.1) is 0 Å². The molecule has 1 N–H and O–H groups in total. The van der Waals surface area contributed by atoms with E-state index in [-0.39, 0.29) is 16.2 Å². The molecule has 3 heterocycles. The zero-order chi connectivity index (χ0) is 24.5. The van der Waals surface area contributed by atoms with Crippen LogP contribution in [0.25, 0.3) is 0 Å². The van der Waals surface area contributed by atoms with Crippen molar-refractivity contribution in [2.75, 3.05) is 13.1 Å². The third-order valence-corrected chi connectivity index (χ3v) is 10.0. The van der Waals surface area contributed by atoms with Crippen LogP contribution in [0.5, 0.6) is 0 Å². The number of rotatable bonds is 6. The fraction of sp³-hybridized carbons (Fsp3) is 0.280. The molecule has 0 atom stereocenters. The second kappa shape index (κ2) is 9.73. The molecule has 35 heavy (non-hydrogen) atoms. The van der Waals surface area contributed by atoms with Crippen LogP contribution in [0.4, 0.5) is 0 Å². The van der Waals surface area contributed by atoms with Gasteiger partial charge in [0.15, 0.2) is 0 Å². The Morgan fingerprint density at radius 1 is 1.00 bits per heavy atom. The van der Waals surface area contributed by atoms with Crippen molar-refractivity contribution in [3.8, 4) is 0 Å². The van der Waals surface area contributed by atoms with Crippen molar-refractivity contribution < 1.29 is 18.0 Å². The summed E-state index contributed by atoms with van der Waals surface area (Å²) in [6, 6.07) is 22.3. The minimum Gasteiger partial charge on any atom is -0.388 e. The predicted molar refractivity (Wildman–Crippen MR) is 136 cm³/mol. The number of carbonyl (C=O) groups is 1. The second-order valence-corrected chi connectivity index (χ2v) is 12.6. The van der Waals surface area contributed by atoms with Crippen molar-refractivity contribution in [2.45, 2.75) is 35.1 Å². The maximum Gasteiger partial charge on any atom is 0.269 e. The molecule has 0 bridgehead atoms. The zero-order valence-electron chi connectivity index (χ0n) is 18.8. The van der Waals surface area contributed by atoms with E-state index in [4.69, 9.17) is 16.4 Å². The van der Waals surface area contributed by atoms with Crippen molar-refractivity contribution >= 4 is 44.6 Å². The lowest BCUT2D eigenvalue weighted by molar-refractivity contribution is -0.115. The van der Waals surface area contributed by atoms with Crippen LogP contribution in [0.1, 0.15) is 36.4 Å². The summed E-state index contributed by atoms with van der Waals surface area (Å²) in [6.45, 7) is 0.581. The first kappa shape index (κ1) is 24.0. The number of nitrogens with one attached hydrogen (secondary N) is 1. The summed E-state index contributed by atoms with van der Waals surface area (Å²) in [5.41, 5.74) is 1.59. The van der Waals surface area contributed by atoms with Gasteiger partial charge in [-0.1, -0.05) is 77.4 Å². The molecule has 10 heteroatoms. The summed E-state index contributed by atoms with van der Waals surface area (Å²) in [4.78, 5) is 19.0. The smallest absolute Gasteiger partial charge is 0.269 e. The predicted octanol–water partition coefficient (Wildman–Crippen LogP) is 4.61. The van der Waals surface area contributed by atoms with E-state index >= 15 is 0 Å². The Bertz CT molecular complexity index is 1300. The fourth-order valence-electron chi connectivity index (χ4n) is 4.47. The molecule has 7 nitrogen and oxygen atoms in total. The maximum absolute atomic E-state index is 13.2. The van der Waals surface area contributed by atoms with Crippen molar-refractivity contribution in [2.24, 2.45) is 5.16 Å². The van der Waals surface area contributed by atoms with Gasteiger partial charge in [-0.3, -0.25) is 4.79 Å². The molecule has 182 valence electrons. The summed E-state index contributed by atoms with van der Waals surface area (Å²) in [5, 5.41) is 7.23. The SMILES string of the molecule is O=C(NC(c1ccccc1)c1ccccc1)C1=NOC2(CCN(S(=O)(=O)c3ccc(Cl)s3)CC2)C1. The normalized spacial score (nSPS) is 17.8. The third kappa shape index (κ3) is 4.99. The van der Waals surface area contributed by atoms with Gasteiger partial charge < -0.3 is 10.2 Å². The van der Waals surface area contributed by atoms with Crippen molar-refractivity contribution in [3.63, 3.8) is 0 Å². The molecule has 1 fully saturated rings. The first-order valence-electron chi connectivity index (χ1n) is 11.3. The number of benzene rings is 2. The Morgan fingerprint density at radius 2 is 1.60 bits per heavy atom. The number of oxime groups is 1. The van der Waals surface area contributed by atoms with E-state index in [2.05, 4.69) is 10.5 Å². The maximum atomic E-state index is 13.2. The number of sulfonamides is 1. The van der Waals surface area contributed by atoms with Gasteiger partial charge in [-0.15, -0.1) is 11.3 Å². The Morgan fingerprint density at radius 3 is 2.14 bits per heavy atom. The number of hydrogen-bond donors (Lipinski definition) is 1. The Balaban J connectivity index is 1.25. The highest BCUT2D eigenvalue weighted by Crippen LogP contribution is 2.37. The Hall–Kier alpha value is -2.72. The molecule has 5 rings (SSSR count). The van der Waals surface area contributed by atoms with Crippen LogP contribution in [-0.2, 0) is 19.7 Å². The number of carbonyl (C=O) groups excluding carboxylic acids is 1. The number of amides is 1. The molecule has 0 aliphatic carbocycles. The third-order valence-electron chi connectivity index (χ3n) is 6.42. The quantitative estimate of drug-likeness (QED) is 0.505. The van der Waals surface area contributed by atoms with E-state index in [1.54, 1.807) is 6.07 Å². The molecule has 3 aromatic rings. The molecule has 1 saturated heterocycles. The summed E-state index contributed by atoms with van der Waals surface area (Å²) in [5.74, 6) is -0.289. The average Bonchev–Trinajstić information content (AvgIpc) is 3.51. The fourth-order valence-corrected chi connectivity index (χ4v) is 7.55. The summed E-state index contributed by atoms with van der Waals surface area (Å²) < 4.78 is 27.9. The van der Waals surface area contributed by atoms with E-state index in [1.165, 1.54) is 10.4 Å². The van der Waals surface area contributed by atoms with Gasteiger partial charge in [-0.05, 0) is 23.3 Å². The number of piperidine rings is 1. The lowest BCUT2D eigenvalue weighted by atomic mass is 9.87. The molecule has 0 saturated carbocycles. The van der Waals surface area contributed by atoms with E-state index < -0.39 is 15.6 Å². The summed E-state index contributed by atoms with van der Waals surface area (Å²) in [7, 11) is -3.60. The molecule has 2 aliphatic rings. The molecule has 1 amide bonds. The van der Waals surface area contributed by atoms with Crippen molar-refractivity contribution in [1.29, 1.82) is 0 Å². The van der Waals surface area contributed by atoms with E-state index in [1.807, 2.05) is 60.7 Å². The monoisotopic (exact) mass is 529 g/mol. The summed E-state index contributed by atoms with van der Waals surface area (Å²) in [6.07, 6.45) is 1.24. The number of hydrogen-bond acceptors (Lipinski definition) is 6. The lowest BCUT2D eigenvalue weighted by Gasteiger charge is -2.36.